The van der Waals surface area contributed by atoms with E-state index < -0.39 is 0 Å². The average Bonchev–Trinajstić information content (AvgIpc) is 2.23. The van der Waals surface area contributed by atoms with Crippen LogP contribution < -0.4 is 0 Å². The van der Waals surface area contributed by atoms with Crippen LogP contribution in [0.15, 0.2) is 0 Å². The van der Waals surface area contributed by atoms with Crippen molar-refractivity contribution in [2.24, 2.45) is 5.41 Å². The predicted octanol–water partition coefficient (Wildman–Crippen LogP) is 2.55. The molecule has 1 aliphatic heterocycles. The van der Waals surface area contributed by atoms with Crippen LogP contribution in [0.1, 0.15) is 44.9 Å². The Kier molecular flexibility index (Phi) is 3.68. The van der Waals surface area contributed by atoms with Crippen molar-refractivity contribution in [2.45, 2.75) is 44.9 Å². The fourth-order valence-electron chi connectivity index (χ4n) is 3.37. The minimum atomic E-state index is 0.765. The second kappa shape index (κ2) is 4.84. The van der Waals surface area contributed by atoms with E-state index in [9.17, 15) is 0 Å². The standard InChI is InChI=1S/C13H26N2/c1-14(2)12-15-10-8-13(9-11-15)6-4-3-5-7-13/h3-12H2,1-2H3. The van der Waals surface area contributed by atoms with Gasteiger partial charge in [0.1, 0.15) is 0 Å². The van der Waals surface area contributed by atoms with Crippen LogP contribution in [-0.4, -0.2) is 43.7 Å². The van der Waals surface area contributed by atoms with Gasteiger partial charge in [-0.15, -0.1) is 0 Å². The number of nitrogens with zero attached hydrogens (tertiary/aromatic N) is 2. The average molecular weight is 210 g/mol. The molecule has 2 rings (SSSR count). The highest BCUT2D eigenvalue weighted by Gasteiger charge is 2.35. The molecule has 0 amide bonds. The maximum atomic E-state index is 2.61. The van der Waals surface area contributed by atoms with Crippen molar-refractivity contribution in [1.82, 2.24) is 9.80 Å². The maximum absolute atomic E-state index is 2.61. The normalized spacial score (nSPS) is 27.4. The lowest BCUT2D eigenvalue weighted by molar-refractivity contribution is 0.0462. The van der Waals surface area contributed by atoms with Crippen LogP contribution in [0, 0.1) is 5.41 Å². The Morgan fingerprint density at radius 2 is 1.53 bits per heavy atom. The Bertz CT molecular complexity index is 185. The van der Waals surface area contributed by atoms with E-state index in [0.29, 0.717) is 0 Å². The van der Waals surface area contributed by atoms with Gasteiger partial charge in [-0.1, -0.05) is 19.3 Å². The van der Waals surface area contributed by atoms with Crippen LogP contribution in [0.2, 0.25) is 0 Å². The lowest BCUT2D eigenvalue weighted by Crippen LogP contribution is -2.44. The van der Waals surface area contributed by atoms with E-state index >= 15 is 0 Å². The molecule has 0 aromatic heterocycles. The van der Waals surface area contributed by atoms with E-state index in [0.717, 1.165) is 12.1 Å². The molecule has 0 bridgehead atoms. The van der Waals surface area contributed by atoms with E-state index in [1.807, 2.05) is 0 Å². The maximum Gasteiger partial charge on any atom is 0.0500 e. The van der Waals surface area contributed by atoms with Crippen molar-refractivity contribution >= 4 is 0 Å². The monoisotopic (exact) mass is 210 g/mol. The molecule has 0 aromatic rings. The summed E-state index contributed by atoms with van der Waals surface area (Å²) in [5.41, 5.74) is 0.765. The SMILES string of the molecule is CN(C)CN1CCC2(CCCCC2)CC1. The Morgan fingerprint density at radius 1 is 0.933 bits per heavy atom. The Labute approximate surface area is 94.6 Å². The van der Waals surface area contributed by atoms with E-state index in [2.05, 4.69) is 23.9 Å². The molecular weight excluding hydrogens is 184 g/mol. The molecule has 1 saturated heterocycles. The van der Waals surface area contributed by atoms with E-state index in [1.165, 1.54) is 58.0 Å². The third-order valence-corrected chi connectivity index (χ3v) is 4.31. The molecule has 0 radical (unpaired) electrons. The molecule has 1 aliphatic carbocycles. The highest BCUT2D eigenvalue weighted by molar-refractivity contribution is 4.87. The highest BCUT2D eigenvalue weighted by atomic mass is 15.3. The molecule has 0 atom stereocenters. The molecule has 0 N–H and O–H groups in total. The molecule has 2 aliphatic rings. The molecule has 88 valence electrons. The fourth-order valence-corrected chi connectivity index (χ4v) is 3.37. The third-order valence-electron chi connectivity index (χ3n) is 4.31. The number of hydrogen-bond donors (Lipinski definition) is 0. The first kappa shape index (κ1) is 11.4. The lowest BCUT2D eigenvalue weighted by Gasteiger charge is -2.44. The molecule has 2 heteroatoms. The van der Waals surface area contributed by atoms with Gasteiger partial charge in [0.15, 0.2) is 0 Å². The van der Waals surface area contributed by atoms with Crippen molar-refractivity contribution in [1.29, 1.82) is 0 Å². The van der Waals surface area contributed by atoms with Crippen molar-refractivity contribution in [3.8, 4) is 0 Å². The molecule has 0 unspecified atom stereocenters. The van der Waals surface area contributed by atoms with Gasteiger partial charge in [0, 0.05) is 0 Å². The Balaban J connectivity index is 1.80. The minimum Gasteiger partial charge on any atom is -0.297 e. The first-order valence-electron chi connectivity index (χ1n) is 6.57. The zero-order valence-electron chi connectivity index (χ0n) is 10.5. The highest BCUT2D eigenvalue weighted by Crippen LogP contribution is 2.44. The Hall–Kier alpha value is -0.0800. The summed E-state index contributed by atoms with van der Waals surface area (Å²) in [7, 11) is 4.34. The summed E-state index contributed by atoms with van der Waals surface area (Å²) in [6.07, 6.45) is 10.4. The van der Waals surface area contributed by atoms with Gasteiger partial charge < -0.3 is 0 Å². The number of piperidine rings is 1. The van der Waals surface area contributed by atoms with Gasteiger partial charge in [0.05, 0.1) is 6.67 Å². The van der Waals surface area contributed by atoms with Crippen LogP contribution >= 0.6 is 0 Å². The number of rotatable bonds is 2. The summed E-state index contributed by atoms with van der Waals surface area (Å²) >= 11 is 0. The fraction of sp³-hybridized carbons (Fsp3) is 1.00. The zero-order chi connectivity index (χ0) is 10.7. The van der Waals surface area contributed by atoms with Crippen molar-refractivity contribution < 1.29 is 0 Å². The first-order chi connectivity index (χ1) is 7.20. The summed E-state index contributed by atoms with van der Waals surface area (Å²) in [6.45, 7) is 3.81. The predicted molar refractivity (Wildman–Crippen MR) is 64.9 cm³/mol. The quantitative estimate of drug-likeness (QED) is 0.691. The molecule has 0 aromatic carbocycles. The van der Waals surface area contributed by atoms with Crippen LogP contribution in [0.25, 0.3) is 0 Å². The van der Waals surface area contributed by atoms with Crippen LogP contribution in [0.4, 0.5) is 0 Å². The topological polar surface area (TPSA) is 6.48 Å². The van der Waals surface area contributed by atoms with Gasteiger partial charge in [-0.2, -0.15) is 0 Å². The van der Waals surface area contributed by atoms with Crippen molar-refractivity contribution in [3.05, 3.63) is 0 Å². The summed E-state index contributed by atoms with van der Waals surface area (Å²) < 4.78 is 0. The van der Waals surface area contributed by atoms with Gasteiger partial charge in [-0.25, -0.2) is 0 Å². The molecule has 2 fully saturated rings. The first-order valence-corrected chi connectivity index (χ1v) is 6.57. The van der Waals surface area contributed by atoms with Gasteiger partial charge in [0.25, 0.3) is 0 Å². The Morgan fingerprint density at radius 3 is 2.07 bits per heavy atom. The van der Waals surface area contributed by atoms with Gasteiger partial charge >= 0.3 is 0 Å². The summed E-state index contributed by atoms with van der Waals surface area (Å²) in [5, 5.41) is 0. The zero-order valence-corrected chi connectivity index (χ0v) is 10.5. The lowest BCUT2D eigenvalue weighted by atomic mass is 9.68. The van der Waals surface area contributed by atoms with Crippen LogP contribution in [0.3, 0.4) is 0 Å². The molecular formula is C13H26N2. The smallest absolute Gasteiger partial charge is 0.0500 e. The van der Waals surface area contributed by atoms with E-state index in [1.54, 1.807) is 0 Å². The minimum absolute atomic E-state index is 0.765. The largest absolute Gasteiger partial charge is 0.297 e. The molecule has 1 spiro atoms. The van der Waals surface area contributed by atoms with Crippen molar-refractivity contribution in [2.75, 3.05) is 33.9 Å². The summed E-state index contributed by atoms with van der Waals surface area (Å²) in [5.74, 6) is 0. The van der Waals surface area contributed by atoms with Crippen LogP contribution in [0.5, 0.6) is 0 Å². The number of likely N-dealkylation sites (tertiary alicyclic amines) is 1. The van der Waals surface area contributed by atoms with Gasteiger partial charge in [-0.3, -0.25) is 9.80 Å². The van der Waals surface area contributed by atoms with Crippen LogP contribution in [-0.2, 0) is 0 Å². The molecule has 15 heavy (non-hydrogen) atoms. The van der Waals surface area contributed by atoms with Gasteiger partial charge in [0.2, 0.25) is 0 Å². The third kappa shape index (κ3) is 2.94. The summed E-state index contributed by atoms with van der Waals surface area (Å²) in [6, 6.07) is 0. The number of hydrogen-bond acceptors (Lipinski definition) is 2. The summed E-state index contributed by atoms with van der Waals surface area (Å²) in [4.78, 5) is 4.90. The van der Waals surface area contributed by atoms with Gasteiger partial charge in [-0.05, 0) is 58.3 Å². The second-order valence-electron chi connectivity index (χ2n) is 5.90. The van der Waals surface area contributed by atoms with Crippen molar-refractivity contribution in [3.63, 3.8) is 0 Å². The van der Waals surface area contributed by atoms with E-state index in [4.69, 9.17) is 0 Å². The second-order valence-corrected chi connectivity index (χ2v) is 5.90. The molecule has 2 nitrogen and oxygen atoms in total. The van der Waals surface area contributed by atoms with E-state index in [-0.39, 0.29) is 0 Å². The molecule has 1 heterocycles. The molecule has 1 saturated carbocycles.